The predicted molar refractivity (Wildman–Crippen MR) is 99.3 cm³/mol. The molecule has 134 valence electrons. The standard InChI is InChI=1S/C19H19ClN4O2/c20-11-3-4-12-14(7-11)23-24(9-10-1-2-10)18(12)16-8-15-17(22-16)13(19(25)26)5-6-21-15/h5-8,10,12,18,22H,1-4,9H2,(H,25,26). The number of carboxylic acid groups (broad SMARTS) is 1. The van der Waals surface area contributed by atoms with Gasteiger partial charge in [0.25, 0.3) is 0 Å². The molecule has 2 aromatic heterocycles. The van der Waals surface area contributed by atoms with Gasteiger partial charge in [-0.1, -0.05) is 11.6 Å². The van der Waals surface area contributed by atoms with Crippen LogP contribution >= 0.6 is 11.6 Å². The maximum Gasteiger partial charge on any atom is 0.337 e. The number of aromatic amines is 1. The largest absolute Gasteiger partial charge is 0.478 e. The summed E-state index contributed by atoms with van der Waals surface area (Å²) in [6.45, 7) is 0.935. The number of hydrazone groups is 1. The minimum absolute atomic E-state index is 0.0856. The second-order valence-electron chi connectivity index (χ2n) is 7.42. The van der Waals surface area contributed by atoms with Gasteiger partial charge in [-0.25, -0.2) is 4.79 Å². The smallest absolute Gasteiger partial charge is 0.337 e. The monoisotopic (exact) mass is 370 g/mol. The molecule has 2 N–H and O–H groups in total. The number of fused-ring (bicyclic) bond motifs is 2. The predicted octanol–water partition coefficient (Wildman–Crippen LogP) is 3.92. The number of H-pyrrole nitrogens is 1. The molecule has 2 aliphatic carbocycles. The lowest BCUT2D eigenvalue weighted by Gasteiger charge is -2.28. The third kappa shape index (κ3) is 2.60. The molecule has 0 spiro atoms. The topological polar surface area (TPSA) is 81.6 Å². The van der Waals surface area contributed by atoms with Crippen molar-refractivity contribution in [3.05, 3.63) is 40.7 Å². The van der Waals surface area contributed by atoms with E-state index in [-0.39, 0.29) is 17.5 Å². The number of allylic oxidation sites excluding steroid dienone is 2. The molecule has 2 atom stereocenters. The number of nitrogens with one attached hydrogen (secondary N) is 1. The summed E-state index contributed by atoms with van der Waals surface area (Å²) in [6, 6.07) is 3.60. The quantitative estimate of drug-likeness (QED) is 0.854. The maximum absolute atomic E-state index is 11.5. The summed E-state index contributed by atoms with van der Waals surface area (Å²) < 4.78 is 0. The minimum atomic E-state index is -0.948. The van der Waals surface area contributed by atoms with Gasteiger partial charge in [0.05, 0.1) is 28.4 Å². The molecular weight excluding hydrogens is 352 g/mol. The van der Waals surface area contributed by atoms with Crippen LogP contribution in [0, 0.1) is 11.8 Å². The van der Waals surface area contributed by atoms with Gasteiger partial charge in [-0.2, -0.15) is 5.10 Å². The van der Waals surface area contributed by atoms with E-state index in [0.717, 1.165) is 35.8 Å². The van der Waals surface area contributed by atoms with E-state index in [4.69, 9.17) is 16.7 Å². The van der Waals surface area contributed by atoms with Crippen LogP contribution in [0.25, 0.3) is 11.0 Å². The Morgan fingerprint density at radius 2 is 2.23 bits per heavy atom. The Hall–Kier alpha value is -2.34. The summed E-state index contributed by atoms with van der Waals surface area (Å²) in [5.74, 6) is 0.0347. The SMILES string of the molecule is O=C(O)c1ccnc2cc(C3C4CCC(Cl)=CC4=NN3CC3CC3)[nH]c12. The highest BCUT2D eigenvalue weighted by Crippen LogP contribution is 2.44. The van der Waals surface area contributed by atoms with E-state index in [1.165, 1.54) is 18.9 Å². The highest BCUT2D eigenvalue weighted by Gasteiger charge is 2.41. The van der Waals surface area contributed by atoms with E-state index in [2.05, 4.69) is 15.0 Å². The van der Waals surface area contributed by atoms with Gasteiger partial charge in [-0.05, 0) is 49.8 Å². The van der Waals surface area contributed by atoms with E-state index in [1.54, 1.807) is 6.20 Å². The summed E-state index contributed by atoms with van der Waals surface area (Å²) >= 11 is 6.24. The summed E-state index contributed by atoms with van der Waals surface area (Å²) in [5, 5.41) is 17.3. The van der Waals surface area contributed by atoms with Gasteiger partial charge in [0, 0.05) is 29.4 Å². The van der Waals surface area contributed by atoms with Crippen LogP contribution in [0.1, 0.15) is 47.8 Å². The van der Waals surface area contributed by atoms with Crippen molar-refractivity contribution < 1.29 is 9.90 Å². The number of hydrogen-bond donors (Lipinski definition) is 2. The van der Waals surface area contributed by atoms with Gasteiger partial charge < -0.3 is 10.1 Å². The molecule has 0 saturated heterocycles. The van der Waals surface area contributed by atoms with Gasteiger partial charge >= 0.3 is 5.97 Å². The highest BCUT2D eigenvalue weighted by molar-refractivity contribution is 6.31. The maximum atomic E-state index is 11.5. The summed E-state index contributed by atoms with van der Waals surface area (Å²) in [6.07, 6.45) is 7.87. The number of carbonyl (C=O) groups is 1. The normalized spacial score (nSPS) is 25.2. The molecule has 1 fully saturated rings. The van der Waals surface area contributed by atoms with Crippen LogP contribution in [0.15, 0.2) is 34.5 Å². The van der Waals surface area contributed by atoms with Crippen molar-refractivity contribution in [1.29, 1.82) is 0 Å². The highest BCUT2D eigenvalue weighted by atomic mass is 35.5. The van der Waals surface area contributed by atoms with Crippen molar-refractivity contribution in [2.45, 2.75) is 31.7 Å². The first kappa shape index (κ1) is 15.9. The summed E-state index contributed by atoms with van der Waals surface area (Å²) in [4.78, 5) is 19.2. The van der Waals surface area contributed by atoms with Crippen molar-refractivity contribution in [1.82, 2.24) is 15.0 Å². The Balaban J connectivity index is 1.57. The number of carboxylic acids is 1. The van der Waals surface area contributed by atoms with Gasteiger partial charge in [0.1, 0.15) is 0 Å². The summed E-state index contributed by atoms with van der Waals surface area (Å²) in [7, 11) is 0. The lowest BCUT2D eigenvalue weighted by Crippen LogP contribution is -2.28. The number of aromatic nitrogens is 2. The number of nitrogens with zero attached hydrogens (tertiary/aromatic N) is 3. The first-order valence-electron chi connectivity index (χ1n) is 9.02. The van der Waals surface area contributed by atoms with Crippen LogP contribution in [-0.4, -0.2) is 38.3 Å². The van der Waals surface area contributed by atoms with Crippen molar-refractivity contribution in [3.8, 4) is 0 Å². The molecule has 7 heteroatoms. The van der Waals surface area contributed by atoms with Crippen LogP contribution < -0.4 is 0 Å². The average molecular weight is 371 g/mol. The zero-order valence-corrected chi connectivity index (χ0v) is 14.9. The molecule has 6 nitrogen and oxygen atoms in total. The van der Waals surface area contributed by atoms with Crippen molar-refractivity contribution in [3.63, 3.8) is 0 Å². The molecule has 26 heavy (non-hydrogen) atoms. The molecule has 1 saturated carbocycles. The second kappa shape index (κ2) is 5.84. The fourth-order valence-corrected chi connectivity index (χ4v) is 4.32. The molecule has 0 radical (unpaired) electrons. The molecule has 3 aliphatic rings. The first-order chi connectivity index (χ1) is 12.6. The lowest BCUT2D eigenvalue weighted by atomic mass is 9.85. The van der Waals surface area contributed by atoms with E-state index >= 15 is 0 Å². The van der Waals surface area contributed by atoms with E-state index in [9.17, 15) is 9.90 Å². The van der Waals surface area contributed by atoms with Gasteiger partial charge in [-0.15, -0.1) is 0 Å². The number of pyridine rings is 1. The molecule has 2 aromatic rings. The molecular formula is C19H19ClN4O2. The van der Waals surface area contributed by atoms with Gasteiger partial charge in [-0.3, -0.25) is 9.99 Å². The van der Waals surface area contributed by atoms with Crippen molar-refractivity contribution in [2.75, 3.05) is 6.54 Å². The molecule has 5 rings (SSSR count). The van der Waals surface area contributed by atoms with Crippen LogP contribution in [0.4, 0.5) is 0 Å². The molecule has 2 unspecified atom stereocenters. The average Bonchev–Trinajstić information content (AvgIpc) is 3.20. The minimum Gasteiger partial charge on any atom is -0.478 e. The van der Waals surface area contributed by atoms with Crippen molar-refractivity contribution in [2.24, 2.45) is 16.9 Å². The van der Waals surface area contributed by atoms with E-state index in [0.29, 0.717) is 17.0 Å². The zero-order chi connectivity index (χ0) is 17.8. The van der Waals surface area contributed by atoms with Crippen molar-refractivity contribution >= 4 is 34.3 Å². The fourth-order valence-electron chi connectivity index (χ4n) is 4.10. The van der Waals surface area contributed by atoms with E-state index in [1.807, 2.05) is 12.1 Å². The Bertz CT molecular complexity index is 960. The van der Waals surface area contributed by atoms with Gasteiger partial charge in [0.15, 0.2) is 0 Å². The lowest BCUT2D eigenvalue weighted by molar-refractivity contribution is 0.0698. The number of hydrogen-bond acceptors (Lipinski definition) is 4. The fraction of sp³-hybridized carbons (Fsp3) is 0.421. The van der Waals surface area contributed by atoms with Crippen LogP contribution in [0.2, 0.25) is 0 Å². The molecule has 0 bridgehead atoms. The Labute approximate surface area is 155 Å². The molecule has 1 aliphatic heterocycles. The Kier molecular flexibility index (Phi) is 3.57. The number of aromatic carboxylic acids is 1. The molecule has 3 heterocycles. The molecule has 0 aromatic carbocycles. The Morgan fingerprint density at radius 1 is 1.38 bits per heavy atom. The van der Waals surface area contributed by atoms with Gasteiger partial charge in [0.2, 0.25) is 0 Å². The second-order valence-corrected chi connectivity index (χ2v) is 7.91. The van der Waals surface area contributed by atoms with E-state index < -0.39 is 5.97 Å². The summed E-state index contributed by atoms with van der Waals surface area (Å²) in [5.41, 5.74) is 3.54. The number of rotatable bonds is 4. The van der Waals surface area contributed by atoms with Crippen LogP contribution in [-0.2, 0) is 0 Å². The first-order valence-corrected chi connectivity index (χ1v) is 9.40. The molecule has 0 amide bonds. The third-order valence-electron chi connectivity index (χ3n) is 5.56. The van der Waals surface area contributed by atoms with Crippen LogP contribution in [0.3, 0.4) is 0 Å². The van der Waals surface area contributed by atoms with Crippen LogP contribution in [0.5, 0.6) is 0 Å². The zero-order valence-electron chi connectivity index (χ0n) is 14.2. The third-order valence-corrected chi connectivity index (χ3v) is 5.86. The number of halogens is 1. The Morgan fingerprint density at radius 3 is 3.00 bits per heavy atom.